The molecule has 0 heterocycles. The third kappa shape index (κ3) is 18.6. The fourth-order valence-electron chi connectivity index (χ4n) is 4.55. The van der Waals surface area contributed by atoms with Gasteiger partial charge in [-0.1, -0.05) is 104 Å². The Morgan fingerprint density at radius 1 is 0.700 bits per heavy atom. The van der Waals surface area contributed by atoms with Gasteiger partial charge in [-0.2, -0.15) is 0 Å². The van der Waals surface area contributed by atoms with Crippen LogP contribution >= 0.6 is 0 Å². The van der Waals surface area contributed by atoms with E-state index in [2.05, 4.69) is 22.9 Å². The van der Waals surface area contributed by atoms with Crippen LogP contribution in [0.1, 0.15) is 124 Å². The molecule has 0 aliphatic heterocycles. The van der Waals surface area contributed by atoms with Crippen molar-refractivity contribution >= 4 is 17.7 Å². The van der Waals surface area contributed by atoms with Gasteiger partial charge in [0.1, 0.15) is 12.1 Å². The monoisotopic (exact) mass is 572 g/mol. The van der Waals surface area contributed by atoms with Crippen LogP contribution in [0.5, 0.6) is 0 Å². The van der Waals surface area contributed by atoms with Gasteiger partial charge in [-0.25, -0.2) is 0 Å². The van der Waals surface area contributed by atoms with Gasteiger partial charge in [0.25, 0.3) is 0 Å². The van der Waals surface area contributed by atoms with E-state index in [0.29, 0.717) is 6.42 Å². The van der Waals surface area contributed by atoms with Gasteiger partial charge >= 0.3 is 0 Å². The highest BCUT2D eigenvalue weighted by atomic mass is 16.3. The van der Waals surface area contributed by atoms with Crippen molar-refractivity contribution in [2.45, 2.75) is 154 Å². The second-order valence-corrected chi connectivity index (χ2v) is 11.6. The summed E-state index contributed by atoms with van der Waals surface area (Å²) in [5.74, 6) is -1.80. The number of aliphatic hydroxyl groups excluding tert-OH is 3. The lowest BCUT2D eigenvalue weighted by molar-refractivity contribution is -0.133. The molecule has 40 heavy (non-hydrogen) atoms. The first kappa shape index (κ1) is 38.2. The first-order valence-corrected chi connectivity index (χ1v) is 15.6. The highest BCUT2D eigenvalue weighted by molar-refractivity contribution is 5.92. The van der Waals surface area contributed by atoms with Gasteiger partial charge in [0.05, 0.1) is 25.4 Å². The Hall–Kier alpha value is -1.75. The largest absolute Gasteiger partial charge is 0.394 e. The maximum atomic E-state index is 12.6. The Bertz CT molecular complexity index is 675. The highest BCUT2D eigenvalue weighted by Gasteiger charge is 2.28. The number of amides is 3. The van der Waals surface area contributed by atoms with E-state index >= 15 is 0 Å². The fourth-order valence-corrected chi connectivity index (χ4v) is 4.55. The summed E-state index contributed by atoms with van der Waals surface area (Å²) >= 11 is 0. The zero-order valence-electron chi connectivity index (χ0n) is 25.6. The van der Waals surface area contributed by atoms with Crippen LogP contribution < -0.4 is 21.7 Å². The van der Waals surface area contributed by atoms with Crippen LogP contribution in [0.2, 0.25) is 0 Å². The molecule has 236 valence electrons. The lowest BCUT2D eigenvalue weighted by atomic mass is 10.00. The molecule has 0 aromatic rings. The maximum Gasteiger partial charge on any atom is 0.243 e. The third-order valence-electron chi connectivity index (χ3n) is 7.32. The molecule has 0 rings (SSSR count). The van der Waals surface area contributed by atoms with Crippen LogP contribution in [-0.4, -0.2) is 76.5 Å². The second kappa shape index (κ2) is 23.9. The third-order valence-corrected chi connectivity index (χ3v) is 7.32. The Morgan fingerprint density at radius 3 is 1.62 bits per heavy atom. The lowest BCUT2D eigenvalue weighted by Crippen LogP contribution is -2.57. The molecule has 0 aromatic heterocycles. The first-order chi connectivity index (χ1) is 19.1. The van der Waals surface area contributed by atoms with E-state index in [-0.39, 0.29) is 12.3 Å². The minimum atomic E-state index is -0.918. The number of nitrogens with two attached hydrogens (primary N) is 1. The molecule has 0 saturated carbocycles. The summed E-state index contributed by atoms with van der Waals surface area (Å²) in [6.07, 6.45) is 15.9. The summed E-state index contributed by atoms with van der Waals surface area (Å²) in [6, 6.07) is -3.37. The second-order valence-electron chi connectivity index (χ2n) is 11.6. The number of aliphatic hydroxyl groups is 3. The van der Waals surface area contributed by atoms with Crippen LogP contribution in [0.15, 0.2) is 0 Å². The molecule has 0 aromatic carbocycles. The van der Waals surface area contributed by atoms with Gasteiger partial charge in [-0.05, 0) is 19.3 Å². The van der Waals surface area contributed by atoms with Crippen LogP contribution in [0.25, 0.3) is 0 Å². The minimum absolute atomic E-state index is 0.111. The van der Waals surface area contributed by atoms with E-state index < -0.39 is 61.2 Å². The number of carbonyl (C=O) groups is 3. The molecule has 10 heteroatoms. The van der Waals surface area contributed by atoms with E-state index in [4.69, 9.17) is 5.73 Å². The Labute approximate surface area is 242 Å². The molecule has 0 aliphatic rings. The molecule has 4 unspecified atom stereocenters. The van der Waals surface area contributed by atoms with Gasteiger partial charge in [0.2, 0.25) is 17.7 Å². The van der Waals surface area contributed by atoms with Gasteiger partial charge in [0.15, 0.2) is 0 Å². The average molecular weight is 573 g/mol. The topological polar surface area (TPSA) is 174 Å². The molecule has 0 saturated heterocycles. The number of hydrogen-bond donors (Lipinski definition) is 7. The fraction of sp³-hybridized carbons (Fsp3) is 0.900. The minimum Gasteiger partial charge on any atom is -0.394 e. The number of hydrogen-bond acceptors (Lipinski definition) is 7. The molecule has 0 bridgehead atoms. The SMILES string of the molecule is CCCCCCCCCCCCCCCC(O)C(N)CC(=O)NC(C)C(=O)NC(C(=O)NC(CO)CO)C(C)C. The van der Waals surface area contributed by atoms with Crippen LogP contribution in [0.4, 0.5) is 0 Å². The van der Waals surface area contributed by atoms with E-state index in [1.807, 2.05) is 0 Å². The van der Waals surface area contributed by atoms with E-state index in [9.17, 15) is 29.7 Å². The van der Waals surface area contributed by atoms with Crippen molar-refractivity contribution in [1.29, 1.82) is 0 Å². The number of unbranched alkanes of at least 4 members (excludes halogenated alkanes) is 12. The normalized spacial score (nSPS) is 14.6. The Balaban J connectivity index is 4.18. The number of rotatable bonds is 25. The van der Waals surface area contributed by atoms with Gasteiger partial charge in [-0.3, -0.25) is 14.4 Å². The van der Waals surface area contributed by atoms with E-state index in [1.165, 1.54) is 71.1 Å². The molecule has 0 spiro atoms. The van der Waals surface area contributed by atoms with Crippen molar-refractivity contribution in [1.82, 2.24) is 16.0 Å². The van der Waals surface area contributed by atoms with Crippen molar-refractivity contribution in [2.75, 3.05) is 13.2 Å². The highest BCUT2D eigenvalue weighted by Crippen LogP contribution is 2.14. The zero-order chi connectivity index (χ0) is 30.3. The summed E-state index contributed by atoms with van der Waals surface area (Å²) in [4.78, 5) is 37.5. The smallest absolute Gasteiger partial charge is 0.243 e. The van der Waals surface area contributed by atoms with Crippen LogP contribution in [-0.2, 0) is 14.4 Å². The molecular weight excluding hydrogens is 512 g/mol. The zero-order valence-corrected chi connectivity index (χ0v) is 25.6. The van der Waals surface area contributed by atoms with Crippen molar-refractivity contribution in [3.63, 3.8) is 0 Å². The van der Waals surface area contributed by atoms with Gasteiger partial charge < -0.3 is 37.0 Å². The van der Waals surface area contributed by atoms with E-state index in [0.717, 1.165) is 19.3 Å². The summed E-state index contributed by atoms with van der Waals surface area (Å²) in [5, 5.41) is 36.4. The number of nitrogens with one attached hydrogen (secondary N) is 3. The molecule has 8 N–H and O–H groups in total. The predicted molar refractivity (Wildman–Crippen MR) is 159 cm³/mol. The van der Waals surface area contributed by atoms with Crippen molar-refractivity contribution in [3.05, 3.63) is 0 Å². The van der Waals surface area contributed by atoms with Crippen LogP contribution in [0.3, 0.4) is 0 Å². The average Bonchev–Trinajstić information content (AvgIpc) is 2.91. The summed E-state index contributed by atoms with van der Waals surface area (Å²) < 4.78 is 0. The molecule has 10 nitrogen and oxygen atoms in total. The Kier molecular flexibility index (Phi) is 22.9. The standard InChI is InChI=1S/C30H60N4O6/c1-5-6-7-8-9-10-11-12-13-14-15-16-17-18-26(37)25(31)19-27(38)32-23(4)29(39)34-28(22(2)3)30(40)33-24(20-35)21-36/h22-26,28,35-37H,5-21,31H2,1-4H3,(H,32,38)(H,33,40)(H,34,39). The number of carbonyl (C=O) groups excluding carboxylic acids is 3. The molecule has 0 aliphatic carbocycles. The van der Waals surface area contributed by atoms with E-state index in [1.54, 1.807) is 13.8 Å². The summed E-state index contributed by atoms with van der Waals surface area (Å²) in [7, 11) is 0. The van der Waals surface area contributed by atoms with Crippen molar-refractivity contribution in [3.8, 4) is 0 Å². The molecule has 3 amide bonds. The molecule has 0 fully saturated rings. The quantitative estimate of drug-likeness (QED) is 0.0823. The van der Waals surface area contributed by atoms with Crippen molar-refractivity contribution < 1.29 is 29.7 Å². The molecule has 4 atom stereocenters. The van der Waals surface area contributed by atoms with Gasteiger partial charge in [0, 0.05) is 12.5 Å². The van der Waals surface area contributed by atoms with Crippen molar-refractivity contribution in [2.24, 2.45) is 11.7 Å². The first-order valence-electron chi connectivity index (χ1n) is 15.6. The summed E-state index contributed by atoms with van der Waals surface area (Å²) in [5.41, 5.74) is 6.04. The maximum absolute atomic E-state index is 12.6. The molecule has 0 radical (unpaired) electrons. The van der Waals surface area contributed by atoms with Gasteiger partial charge in [-0.15, -0.1) is 0 Å². The summed E-state index contributed by atoms with van der Waals surface area (Å²) in [6.45, 7) is 6.38. The molecular formula is C30H60N4O6. The predicted octanol–water partition coefficient (Wildman–Crippen LogP) is 2.66. The lowest BCUT2D eigenvalue weighted by Gasteiger charge is -2.26. The van der Waals surface area contributed by atoms with Crippen LogP contribution in [0, 0.1) is 5.92 Å². The Morgan fingerprint density at radius 2 is 1.18 bits per heavy atom.